The highest BCUT2D eigenvalue weighted by Crippen LogP contribution is 2.48. The van der Waals surface area contributed by atoms with Gasteiger partial charge in [-0.05, 0) is 36.5 Å². The van der Waals surface area contributed by atoms with Crippen molar-refractivity contribution in [2.45, 2.75) is 86.7 Å². The summed E-state index contributed by atoms with van der Waals surface area (Å²) >= 11 is 0. The number of ketones is 1. The number of ether oxygens (including phenoxy) is 1. The lowest BCUT2D eigenvalue weighted by Crippen LogP contribution is -2.44. The van der Waals surface area contributed by atoms with Gasteiger partial charge in [0.05, 0.1) is 6.10 Å². The first kappa shape index (κ1) is 17.7. The van der Waals surface area contributed by atoms with Gasteiger partial charge in [0.25, 0.3) is 0 Å². The second-order valence-corrected chi connectivity index (χ2v) is 8.94. The van der Waals surface area contributed by atoms with Crippen LogP contribution in [0.3, 0.4) is 0 Å². The third-order valence-electron chi connectivity index (χ3n) is 4.84. The zero-order valence-electron chi connectivity index (χ0n) is 14.6. The first-order valence-corrected chi connectivity index (χ1v) is 8.11. The Labute approximate surface area is 125 Å². The molecule has 0 amide bonds. The van der Waals surface area contributed by atoms with Crippen LogP contribution in [-0.4, -0.2) is 18.5 Å². The second-order valence-electron chi connectivity index (χ2n) is 8.94. The summed E-state index contributed by atoms with van der Waals surface area (Å²) in [4.78, 5) is 13.0. The van der Waals surface area contributed by atoms with Gasteiger partial charge in [0.2, 0.25) is 0 Å². The number of carbonyl (C=O) groups is 1. The lowest BCUT2D eigenvalue weighted by Gasteiger charge is -2.45. The van der Waals surface area contributed by atoms with Crippen molar-refractivity contribution in [2.24, 2.45) is 16.2 Å². The first-order valence-electron chi connectivity index (χ1n) is 8.11. The van der Waals surface area contributed by atoms with E-state index in [9.17, 15) is 4.79 Å². The maximum absolute atomic E-state index is 13.0. The molecule has 0 spiro atoms. The summed E-state index contributed by atoms with van der Waals surface area (Å²) in [6.07, 6.45) is 5.05. The third-order valence-corrected chi connectivity index (χ3v) is 4.84. The van der Waals surface area contributed by atoms with Crippen molar-refractivity contribution in [3.05, 3.63) is 0 Å². The van der Waals surface area contributed by atoms with Crippen LogP contribution in [0.15, 0.2) is 0 Å². The number of Topliss-reactive ketones (excluding diaryl/α,β-unsaturated/α-hetero) is 1. The molecule has 20 heavy (non-hydrogen) atoms. The Morgan fingerprint density at radius 3 is 2.05 bits per heavy atom. The molecule has 0 bridgehead atoms. The average Bonchev–Trinajstić information content (AvgIpc) is 2.26. The molecule has 0 aliphatic carbocycles. The van der Waals surface area contributed by atoms with Gasteiger partial charge in [-0.1, -0.05) is 48.5 Å². The Kier molecular flexibility index (Phi) is 5.46. The summed E-state index contributed by atoms with van der Waals surface area (Å²) in [6.45, 7) is 16.2. The van der Waals surface area contributed by atoms with Crippen molar-refractivity contribution < 1.29 is 9.53 Å². The molecule has 0 radical (unpaired) electrons. The molecule has 0 aromatic rings. The van der Waals surface area contributed by atoms with Crippen LogP contribution < -0.4 is 0 Å². The molecule has 2 unspecified atom stereocenters. The van der Waals surface area contributed by atoms with Gasteiger partial charge in [-0.15, -0.1) is 0 Å². The van der Waals surface area contributed by atoms with Gasteiger partial charge in [0.15, 0.2) is 0 Å². The standard InChI is InChI=1S/C18H34O2/c1-16(2,3)13-18(7,17(4,5)6)15(19)12-14-10-8-9-11-20-14/h14H,8-13H2,1-7H3. The van der Waals surface area contributed by atoms with E-state index in [-0.39, 0.29) is 22.3 Å². The number of hydrogen-bond acceptors (Lipinski definition) is 2. The lowest BCUT2D eigenvalue weighted by molar-refractivity contribution is -0.140. The molecule has 1 saturated heterocycles. The fraction of sp³-hybridized carbons (Fsp3) is 0.944. The van der Waals surface area contributed by atoms with Gasteiger partial charge in [-0.25, -0.2) is 0 Å². The van der Waals surface area contributed by atoms with E-state index in [0.29, 0.717) is 12.2 Å². The van der Waals surface area contributed by atoms with Crippen LogP contribution in [-0.2, 0) is 9.53 Å². The Hall–Kier alpha value is -0.370. The van der Waals surface area contributed by atoms with Crippen molar-refractivity contribution >= 4 is 5.78 Å². The molecule has 1 aliphatic rings. The zero-order chi connectivity index (χ0) is 15.6. The molecular formula is C18H34O2. The van der Waals surface area contributed by atoms with Crippen molar-refractivity contribution in [3.8, 4) is 0 Å². The predicted octanol–water partition coefficient (Wildman–Crippen LogP) is 5.00. The minimum Gasteiger partial charge on any atom is -0.378 e. The summed E-state index contributed by atoms with van der Waals surface area (Å²) in [5, 5.41) is 0. The molecule has 0 saturated carbocycles. The summed E-state index contributed by atoms with van der Waals surface area (Å²) in [5.41, 5.74) is -0.150. The molecule has 0 aromatic heterocycles. The Morgan fingerprint density at radius 2 is 1.65 bits per heavy atom. The highest BCUT2D eigenvalue weighted by molar-refractivity contribution is 5.85. The molecule has 0 N–H and O–H groups in total. The topological polar surface area (TPSA) is 26.3 Å². The second kappa shape index (κ2) is 6.17. The van der Waals surface area contributed by atoms with Crippen LogP contribution in [0.4, 0.5) is 0 Å². The highest BCUT2D eigenvalue weighted by atomic mass is 16.5. The van der Waals surface area contributed by atoms with Crippen molar-refractivity contribution in [3.63, 3.8) is 0 Å². The average molecular weight is 282 g/mol. The Balaban J connectivity index is 2.84. The summed E-state index contributed by atoms with van der Waals surface area (Å²) in [5.74, 6) is 0.381. The van der Waals surface area contributed by atoms with E-state index in [1.54, 1.807) is 0 Å². The van der Waals surface area contributed by atoms with E-state index in [4.69, 9.17) is 4.74 Å². The summed E-state index contributed by atoms with van der Waals surface area (Å²) in [7, 11) is 0. The molecule has 1 rings (SSSR count). The van der Waals surface area contributed by atoms with Gasteiger partial charge in [0, 0.05) is 18.4 Å². The van der Waals surface area contributed by atoms with E-state index in [2.05, 4.69) is 48.5 Å². The van der Waals surface area contributed by atoms with Gasteiger partial charge in [0.1, 0.15) is 5.78 Å². The molecule has 2 atom stereocenters. The Bertz CT molecular complexity index is 326. The number of carbonyl (C=O) groups excluding carboxylic acids is 1. The van der Waals surface area contributed by atoms with E-state index >= 15 is 0 Å². The minimum absolute atomic E-state index is 0.0218. The number of rotatable bonds is 4. The van der Waals surface area contributed by atoms with Gasteiger partial charge >= 0.3 is 0 Å². The van der Waals surface area contributed by atoms with E-state index in [0.717, 1.165) is 25.9 Å². The SMILES string of the molecule is CC(C)(C)CC(C)(C(=O)CC1CCCCO1)C(C)(C)C. The zero-order valence-corrected chi connectivity index (χ0v) is 14.6. The molecular weight excluding hydrogens is 248 g/mol. The van der Waals surface area contributed by atoms with Gasteiger partial charge in [-0.2, -0.15) is 0 Å². The molecule has 2 nitrogen and oxygen atoms in total. The van der Waals surface area contributed by atoms with Crippen LogP contribution in [0.1, 0.15) is 80.6 Å². The summed E-state index contributed by atoms with van der Waals surface area (Å²) in [6, 6.07) is 0. The van der Waals surface area contributed by atoms with Crippen molar-refractivity contribution in [2.75, 3.05) is 6.61 Å². The summed E-state index contributed by atoms with van der Waals surface area (Å²) < 4.78 is 5.77. The number of hydrogen-bond donors (Lipinski definition) is 0. The predicted molar refractivity (Wildman–Crippen MR) is 84.8 cm³/mol. The van der Waals surface area contributed by atoms with Crippen LogP contribution in [0, 0.1) is 16.2 Å². The van der Waals surface area contributed by atoms with E-state index < -0.39 is 0 Å². The van der Waals surface area contributed by atoms with Crippen LogP contribution >= 0.6 is 0 Å². The Morgan fingerprint density at radius 1 is 1.05 bits per heavy atom. The normalized spacial score (nSPS) is 24.2. The van der Waals surface area contributed by atoms with E-state index in [1.165, 1.54) is 6.42 Å². The monoisotopic (exact) mass is 282 g/mol. The molecule has 1 heterocycles. The molecule has 0 aromatic carbocycles. The van der Waals surface area contributed by atoms with Crippen LogP contribution in [0.5, 0.6) is 0 Å². The highest BCUT2D eigenvalue weighted by Gasteiger charge is 2.46. The maximum atomic E-state index is 13.0. The van der Waals surface area contributed by atoms with Crippen LogP contribution in [0.25, 0.3) is 0 Å². The quantitative estimate of drug-likeness (QED) is 0.725. The molecule has 118 valence electrons. The molecule has 1 aliphatic heterocycles. The van der Waals surface area contributed by atoms with Gasteiger partial charge < -0.3 is 4.74 Å². The van der Waals surface area contributed by atoms with Gasteiger partial charge in [-0.3, -0.25) is 4.79 Å². The van der Waals surface area contributed by atoms with E-state index in [1.807, 2.05) is 0 Å². The molecule has 2 heteroatoms. The largest absolute Gasteiger partial charge is 0.378 e. The minimum atomic E-state index is -0.286. The molecule has 1 fully saturated rings. The van der Waals surface area contributed by atoms with Crippen LogP contribution in [0.2, 0.25) is 0 Å². The fourth-order valence-electron chi connectivity index (χ4n) is 3.24. The maximum Gasteiger partial charge on any atom is 0.141 e. The smallest absolute Gasteiger partial charge is 0.141 e. The van der Waals surface area contributed by atoms with Crippen molar-refractivity contribution in [1.82, 2.24) is 0 Å². The fourth-order valence-corrected chi connectivity index (χ4v) is 3.24. The third kappa shape index (κ3) is 4.58. The lowest BCUT2D eigenvalue weighted by atomic mass is 9.58. The van der Waals surface area contributed by atoms with Crippen molar-refractivity contribution in [1.29, 1.82) is 0 Å². The first-order chi connectivity index (χ1) is 8.96.